The first-order valence-electron chi connectivity index (χ1n) is 6.28. The van der Waals surface area contributed by atoms with Crippen molar-refractivity contribution in [1.29, 1.82) is 0 Å². The van der Waals surface area contributed by atoms with Crippen molar-refractivity contribution in [2.75, 3.05) is 6.54 Å². The zero-order chi connectivity index (χ0) is 13.7. The quantitative estimate of drug-likeness (QED) is 0.901. The second-order valence-corrected chi connectivity index (χ2v) is 4.74. The molecule has 2 aromatic rings. The molecule has 19 heavy (non-hydrogen) atoms. The maximum absolute atomic E-state index is 13.3. The summed E-state index contributed by atoms with van der Waals surface area (Å²) in [4.78, 5) is 3.97. The Hall–Kier alpha value is -1.45. The van der Waals surface area contributed by atoms with Crippen molar-refractivity contribution >= 4 is 11.6 Å². The van der Waals surface area contributed by atoms with E-state index in [1.54, 1.807) is 24.5 Å². The molecule has 1 aromatic carbocycles. The van der Waals surface area contributed by atoms with Crippen LogP contribution < -0.4 is 5.32 Å². The lowest BCUT2D eigenvalue weighted by molar-refractivity contribution is 0.542. The molecule has 1 atom stereocenters. The molecule has 100 valence electrons. The van der Waals surface area contributed by atoms with Crippen molar-refractivity contribution in [2.24, 2.45) is 0 Å². The van der Waals surface area contributed by atoms with Crippen molar-refractivity contribution in [1.82, 2.24) is 10.3 Å². The van der Waals surface area contributed by atoms with Gasteiger partial charge < -0.3 is 5.32 Å². The van der Waals surface area contributed by atoms with Crippen LogP contribution in [-0.4, -0.2) is 11.5 Å². The number of aromatic nitrogens is 1. The Bertz CT molecular complexity index is 545. The minimum absolute atomic E-state index is 0.0422. The first-order chi connectivity index (χ1) is 9.20. The van der Waals surface area contributed by atoms with Gasteiger partial charge in [0, 0.05) is 18.4 Å². The fourth-order valence-electron chi connectivity index (χ4n) is 2.07. The van der Waals surface area contributed by atoms with Gasteiger partial charge >= 0.3 is 0 Å². The zero-order valence-electron chi connectivity index (χ0n) is 10.7. The van der Waals surface area contributed by atoms with Gasteiger partial charge in [0.15, 0.2) is 0 Å². The number of hydrogen-bond acceptors (Lipinski definition) is 2. The van der Waals surface area contributed by atoms with Gasteiger partial charge in [-0.1, -0.05) is 30.7 Å². The number of hydrogen-bond donors (Lipinski definition) is 1. The minimum atomic E-state index is -0.221. The van der Waals surface area contributed by atoms with E-state index in [2.05, 4.69) is 10.3 Å². The molecule has 1 unspecified atom stereocenters. The number of benzene rings is 1. The molecule has 1 N–H and O–H groups in total. The van der Waals surface area contributed by atoms with Gasteiger partial charge in [-0.05, 0) is 42.3 Å². The van der Waals surface area contributed by atoms with Crippen LogP contribution in [0.15, 0.2) is 42.7 Å². The summed E-state index contributed by atoms with van der Waals surface area (Å²) in [5.74, 6) is -0.221. The molecule has 0 aliphatic heterocycles. The molecule has 0 bridgehead atoms. The van der Waals surface area contributed by atoms with Gasteiger partial charge in [0.2, 0.25) is 0 Å². The SMILES string of the molecule is CCNC(Cc1ccncc1Cl)c1cccc(F)c1. The van der Waals surface area contributed by atoms with E-state index in [1.165, 1.54) is 6.07 Å². The molecular weight excluding hydrogens is 263 g/mol. The molecule has 1 aromatic heterocycles. The van der Waals surface area contributed by atoms with E-state index < -0.39 is 0 Å². The van der Waals surface area contributed by atoms with Crippen molar-refractivity contribution in [3.8, 4) is 0 Å². The highest BCUT2D eigenvalue weighted by molar-refractivity contribution is 6.31. The molecule has 2 rings (SSSR count). The summed E-state index contributed by atoms with van der Waals surface area (Å²) in [5, 5.41) is 4.00. The zero-order valence-corrected chi connectivity index (χ0v) is 11.5. The van der Waals surface area contributed by atoms with Crippen LogP contribution in [-0.2, 0) is 6.42 Å². The lowest BCUT2D eigenvalue weighted by atomic mass is 9.99. The van der Waals surface area contributed by atoms with E-state index in [0.29, 0.717) is 11.4 Å². The summed E-state index contributed by atoms with van der Waals surface area (Å²) in [6.07, 6.45) is 4.06. The minimum Gasteiger partial charge on any atom is -0.310 e. The largest absolute Gasteiger partial charge is 0.310 e. The summed E-state index contributed by atoms with van der Waals surface area (Å²) in [5.41, 5.74) is 1.93. The Balaban J connectivity index is 2.24. The van der Waals surface area contributed by atoms with E-state index in [4.69, 9.17) is 11.6 Å². The maximum Gasteiger partial charge on any atom is 0.123 e. The van der Waals surface area contributed by atoms with Crippen LogP contribution in [0.5, 0.6) is 0 Å². The molecule has 4 heteroatoms. The smallest absolute Gasteiger partial charge is 0.123 e. The second-order valence-electron chi connectivity index (χ2n) is 4.34. The molecule has 0 amide bonds. The summed E-state index contributed by atoms with van der Waals surface area (Å²) in [7, 11) is 0. The van der Waals surface area contributed by atoms with E-state index in [-0.39, 0.29) is 11.9 Å². The summed E-state index contributed by atoms with van der Waals surface area (Å²) in [6, 6.07) is 8.59. The average molecular weight is 279 g/mol. The predicted octanol–water partition coefficient (Wildman–Crippen LogP) is 3.77. The standard InChI is InChI=1S/C15H16ClFN2/c1-2-19-15(12-4-3-5-13(17)8-12)9-11-6-7-18-10-14(11)16/h3-8,10,15,19H,2,9H2,1H3. The summed E-state index contributed by atoms with van der Waals surface area (Å²) in [6.45, 7) is 2.84. The number of nitrogens with one attached hydrogen (secondary N) is 1. The van der Waals surface area contributed by atoms with Crippen molar-refractivity contribution in [3.05, 3.63) is 64.7 Å². The average Bonchev–Trinajstić information content (AvgIpc) is 2.40. The summed E-state index contributed by atoms with van der Waals surface area (Å²) < 4.78 is 13.3. The van der Waals surface area contributed by atoms with Gasteiger partial charge in [-0.3, -0.25) is 4.98 Å². The topological polar surface area (TPSA) is 24.9 Å². The highest BCUT2D eigenvalue weighted by Gasteiger charge is 2.13. The monoisotopic (exact) mass is 278 g/mol. The first-order valence-corrected chi connectivity index (χ1v) is 6.65. The van der Waals surface area contributed by atoms with Crippen LogP contribution in [0.2, 0.25) is 5.02 Å². The van der Waals surface area contributed by atoms with E-state index >= 15 is 0 Å². The fourth-order valence-corrected chi connectivity index (χ4v) is 2.26. The molecule has 0 spiro atoms. The highest BCUT2D eigenvalue weighted by Crippen LogP contribution is 2.23. The third kappa shape index (κ3) is 3.75. The Kier molecular flexibility index (Phi) is 4.88. The molecule has 1 heterocycles. The van der Waals surface area contributed by atoms with E-state index in [9.17, 15) is 4.39 Å². The molecule has 0 radical (unpaired) electrons. The first kappa shape index (κ1) is 14.0. The number of rotatable bonds is 5. The van der Waals surface area contributed by atoms with Crippen LogP contribution in [0, 0.1) is 5.82 Å². The van der Waals surface area contributed by atoms with Crippen LogP contribution in [0.25, 0.3) is 0 Å². The van der Waals surface area contributed by atoms with Crippen molar-refractivity contribution in [2.45, 2.75) is 19.4 Å². The van der Waals surface area contributed by atoms with Crippen LogP contribution in [0.3, 0.4) is 0 Å². The maximum atomic E-state index is 13.3. The number of halogens is 2. The van der Waals surface area contributed by atoms with Gasteiger partial charge in [-0.15, -0.1) is 0 Å². The second kappa shape index (κ2) is 6.64. The van der Waals surface area contributed by atoms with E-state index in [1.807, 2.05) is 19.1 Å². The van der Waals surface area contributed by atoms with Gasteiger partial charge in [0.25, 0.3) is 0 Å². The molecule has 0 fully saturated rings. The normalized spacial score (nSPS) is 12.4. The number of likely N-dealkylation sites (N-methyl/N-ethyl adjacent to an activating group) is 1. The predicted molar refractivity (Wildman–Crippen MR) is 75.8 cm³/mol. The lowest BCUT2D eigenvalue weighted by Gasteiger charge is -2.19. The van der Waals surface area contributed by atoms with Crippen LogP contribution in [0.1, 0.15) is 24.1 Å². The van der Waals surface area contributed by atoms with Crippen molar-refractivity contribution < 1.29 is 4.39 Å². The third-order valence-electron chi connectivity index (χ3n) is 2.98. The van der Waals surface area contributed by atoms with Gasteiger partial charge in [0.05, 0.1) is 5.02 Å². The van der Waals surface area contributed by atoms with Gasteiger partial charge in [0.1, 0.15) is 5.82 Å². The third-order valence-corrected chi connectivity index (χ3v) is 3.32. The van der Waals surface area contributed by atoms with E-state index in [0.717, 1.165) is 17.7 Å². The van der Waals surface area contributed by atoms with Gasteiger partial charge in [-0.25, -0.2) is 4.39 Å². The van der Waals surface area contributed by atoms with Gasteiger partial charge in [-0.2, -0.15) is 0 Å². The van der Waals surface area contributed by atoms with Crippen LogP contribution >= 0.6 is 11.6 Å². The highest BCUT2D eigenvalue weighted by atomic mass is 35.5. The lowest BCUT2D eigenvalue weighted by Crippen LogP contribution is -2.23. The molecule has 0 saturated heterocycles. The number of nitrogens with zero attached hydrogens (tertiary/aromatic N) is 1. The molecule has 0 aliphatic carbocycles. The molecule has 2 nitrogen and oxygen atoms in total. The Morgan fingerprint density at radius 2 is 2.21 bits per heavy atom. The molecular formula is C15H16ClFN2. The van der Waals surface area contributed by atoms with Crippen molar-refractivity contribution in [3.63, 3.8) is 0 Å². The molecule has 0 aliphatic rings. The number of pyridine rings is 1. The Labute approximate surface area is 117 Å². The van der Waals surface area contributed by atoms with Crippen LogP contribution in [0.4, 0.5) is 4.39 Å². The molecule has 0 saturated carbocycles. The Morgan fingerprint density at radius 3 is 2.89 bits per heavy atom. The fraction of sp³-hybridized carbons (Fsp3) is 0.267. The Morgan fingerprint density at radius 1 is 1.37 bits per heavy atom. The summed E-state index contributed by atoms with van der Waals surface area (Å²) >= 11 is 6.12.